The summed E-state index contributed by atoms with van der Waals surface area (Å²) in [6.45, 7) is 1.36. The molecule has 17 heavy (non-hydrogen) atoms. The summed E-state index contributed by atoms with van der Waals surface area (Å²) in [6, 6.07) is 3.72. The summed E-state index contributed by atoms with van der Waals surface area (Å²) >= 11 is 5.29. The number of hydrogen-bond donors (Lipinski definition) is 0. The zero-order valence-corrected chi connectivity index (χ0v) is 10.8. The van der Waals surface area contributed by atoms with Gasteiger partial charge in [0.1, 0.15) is 11.9 Å². The highest BCUT2D eigenvalue weighted by Gasteiger charge is 2.27. The van der Waals surface area contributed by atoms with Crippen molar-refractivity contribution in [1.82, 2.24) is 0 Å². The van der Waals surface area contributed by atoms with Crippen LogP contribution < -0.4 is 4.31 Å². The Bertz CT molecular complexity index is 515. The Labute approximate surface area is 104 Å². The first kappa shape index (κ1) is 13.9. The quantitative estimate of drug-likeness (QED) is 0.789. The fourth-order valence-electron chi connectivity index (χ4n) is 1.38. The van der Waals surface area contributed by atoms with Gasteiger partial charge in [-0.25, -0.2) is 12.8 Å². The highest BCUT2D eigenvalue weighted by atomic mass is 35.5. The van der Waals surface area contributed by atoms with Crippen molar-refractivity contribution in [2.45, 2.75) is 13.0 Å². The smallest absolute Gasteiger partial charge is 0.245 e. The minimum atomic E-state index is -3.67. The maximum atomic E-state index is 12.7. The zero-order valence-electron chi connectivity index (χ0n) is 9.22. The second-order valence-electron chi connectivity index (χ2n) is 3.52. The maximum absolute atomic E-state index is 12.7. The number of hydrogen-bond acceptors (Lipinski definition) is 3. The number of carbonyl (C=O) groups excluding carboxylic acids is 1. The fourth-order valence-corrected chi connectivity index (χ4v) is 2.71. The van der Waals surface area contributed by atoms with Crippen LogP contribution >= 0.6 is 11.6 Å². The lowest BCUT2D eigenvalue weighted by Crippen LogP contribution is -2.41. The molecule has 1 rings (SSSR count). The van der Waals surface area contributed by atoms with E-state index in [1.807, 2.05) is 0 Å². The highest BCUT2D eigenvalue weighted by Crippen LogP contribution is 2.21. The van der Waals surface area contributed by atoms with Crippen LogP contribution in [0.4, 0.5) is 10.1 Å². The molecule has 1 unspecified atom stereocenters. The summed E-state index contributed by atoms with van der Waals surface area (Å²) in [5.41, 5.74) is 0.190. The number of halogens is 2. The predicted molar refractivity (Wildman–Crippen MR) is 64.0 cm³/mol. The lowest BCUT2D eigenvalue weighted by atomic mass is 10.3. The van der Waals surface area contributed by atoms with Gasteiger partial charge in [-0.1, -0.05) is 0 Å². The largest absolute Gasteiger partial charge is 0.279 e. The van der Waals surface area contributed by atoms with E-state index in [1.54, 1.807) is 0 Å². The number of anilines is 1. The van der Waals surface area contributed by atoms with Crippen LogP contribution in [0.2, 0.25) is 0 Å². The predicted octanol–water partition coefficient (Wildman–Crippen LogP) is 1.75. The van der Waals surface area contributed by atoms with E-state index < -0.39 is 27.1 Å². The molecule has 0 aliphatic rings. The van der Waals surface area contributed by atoms with Gasteiger partial charge >= 0.3 is 0 Å². The minimum absolute atomic E-state index is 0.190. The number of rotatable bonds is 4. The standard InChI is InChI=1S/C10H11ClFNO3S/c1-7(10(11)14)13(17(2,15)16)9-5-3-8(12)4-6-9/h3-7H,1-2H3. The van der Waals surface area contributed by atoms with E-state index in [0.29, 0.717) is 0 Å². The maximum Gasteiger partial charge on any atom is 0.245 e. The van der Waals surface area contributed by atoms with Gasteiger partial charge in [-0.2, -0.15) is 0 Å². The summed E-state index contributed by atoms with van der Waals surface area (Å²) in [5.74, 6) is -0.493. The molecule has 1 atom stereocenters. The van der Waals surface area contributed by atoms with Crippen molar-refractivity contribution in [2.24, 2.45) is 0 Å². The lowest BCUT2D eigenvalue weighted by molar-refractivity contribution is -0.112. The monoisotopic (exact) mass is 279 g/mol. The molecule has 1 aromatic carbocycles. The third kappa shape index (κ3) is 3.41. The van der Waals surface area contributed by atoms with Crippen LogP contribution in [0.1, 0.15) is 6.92 Å². The Kier molecular flexibility index (Phi) is 4.11. The molecule has 0 fully saturated rings. The summed E-state index contributed by atoms with van der Waals surface area (Å²) < 4.78 is 36.8. The fraction of sp³-hybridized carbons (Fsp3) is 0.300. The molecule has 1 aromatic rings. The molecule has 0 radical (unpaired) electrons. The molecule has 0 N–H and O–H groups in total. The lowest BCUT2D eigenvalue weighted by Gasteiger charge is -2.26. The van der Waals surface area contributed by atoms with Gasteiger partial charge < -0.3 is 0 Å². The van der Waals surface area contributed by atoms with Gasteiger partial charge in [0.25, 0.3) is 0 Å². The Morgan fingerprint density at radius 3 is 2.18 bits per heavy atom. The first-order valence-corrected chi connectivity index (χ1v) is 6.90. The molecule has 0 saturated carbocycles. The Morgan fingerprint density at radius 2 is 1.82 bits per heavy atom. The van der Waals surface area contributed by atoms with Crippen LogP contribution in [-0.2, 0) is 14.8 Å². The van der Waals surface area contributed by atoms with E-state index in [4.69, 9.17) is 11.6 Å². The van der Waals surface area contributed by atoms with Crippen molar-refractivity contribution in [1.29, 1.82) is 0 Å². The summed E-state index contributed by atoms with van der Waals surface area (Å²) in [5, 5.41) is -0.806. The number of carbonyl (C=O) groups is 1. The molecule has 0 aromatic heterocycles. The van der Waals surface area contributed by atoms with Gasteiger partial charge in [-0.3, -0.25) is 9.10 Å². The molecule has 94 valence electrons. The normalized spacial score (nSPS) is 13.2. The zero-order chi connectivity index (χ0) is 13.2. The van der Waals surface area contributed by atoms with E-state index >= 15 is 0 Å². The summed E-state index contributed by atoms with van der Waals surface area (Å²) in [6.07, 6.45) is 0.951. The van der Waals surface area contributed by atoms with Crippen LogP contribution in [0.5, 0.6) is 0 Å². The van der Waals surface area contributed by atoms with Crippen molar-refractivity contribution in [3.63, 3.8) is 0 Å². The SMILES string of the molecule is CC(C(=O)Cl)N(c1ccc(F)cc1)S(C)(=O)=O. The number of benzene rings is 1. The molecule has 0 amide bonds. The molecule has 0 heterocycles. The number of nitrogens with zero attached hydrogens (tertiary/aromatic N) is 1. The van der Waals surface area contributed by atoms with E-state index in [9.17, 15) is 17.6 Å². The molecular weight excluding hydrogens is 269 g/mol. The minimum Gasteiger partial charge on any atom is -0.279 e. The van der Waals surface area contributed by atoms with Gasteiger partial charge in [0.15, 0.2) is 0 Å². The van der Waals surface area contributed by atoms with Crippen LogP contribution in [0, 0.1) is 5.82 Å². The number of sulfonamides is 1. The molecule has 0 saturated heterocycles. The third-order valence-corrected chi connectivity index (χ3v) is 3.68. The van der Waals surface area contributed by atoms with Gasteiger partial charge in [-0.05, 0) is 42.8 Å². The second-order valence-corrected chi connectivity index (χ2v) is 5.75. The van der Waals surface area contributed by atoms with Gasteiger partial charge in [0.2, 0.25) is 15.3 Å². The third-order valence-electron chi connectivity index (χ3n) is 2.12. The Balaban J connectivity index is 3.25. The molecule has 0 aliphatic carbocycles. The van der Waals surface area contributed by atoms with Crippen LogP contribution in [-0.4, -0.2) is 26.0 Å². The van der Waals surface area contributed by atoms with Crippen LogP contribution in [0.3, 0.4) is 0 Å². The van der Waals surface area contributed by atoms with Crippen LogP contribution in [0.25, 0.3) is 0 Å². The first-order chi connectivity index (χ1) is 7.73. The Hall–Kier alpha value is -1.14. The van der Waals surface area contributed by atoms with Crippen molar-refractivity contribution in [3.8, 4) is 0 Å². The van der Waals surface area contributed by atoms with Crippen molar-refractivity contribution < 1.29 is 17.6 Å². The van der Waals surface area contributed by atoms with Gasteiger partial charge in [-0.15, -0.1) is 0 Å². The van der Waals surface area contributed by atoms with E-state index in [1.165, 1.54) is 19.1 Å². The molecule has 4 nitrogen and oxygen atoms in total. The molecule has 0 bridgehead atoms. The summed E-state index contributed by atoms with van der Waals surface area (Å²) in [7, 11) is -3.67. The van der Waals surface area contributed by atoms with Crippen LogP contribution in [0.15, 0.2) is 24.3 Å². The molecule has 0 spiro atoms. The average molecular weight is 280 g/mol. The van der Waals surface area contributed by atoms with Crippen molar-refractivity contribution in [2.75, 3.05) is 10.6 Å². The van der Waals surface area contributed by atoms with E-state index in [-0.39, 0.29) is 5.69 Å². The topological polar surface area (TPSA) is 54.5 Å². The van der Waals surface area contributed by atoms with E-state index in [2.05, 4.69) is 0 Å². The molecular formula is C10H11ClFNO3S. The summed E-state index contributed by atoms with van der Waals surface area (Å²) in [4.78, 5) is 11.1. The van der Waals surface area contributed by atoms with Crippen molar-refractivity contribution >= 4 is 32.6 Å². The first-order valence-electron chi connectivity index (χ1n) is 4.68. The average Bonchev–Trinajstić information content (AvgIpc) is 2.19. The highest BCUT2D eigenvalue weighted by molar-refractivity contribution is 7.92. The molecule has 7 heteroatoms. The Morgan fingerprint density at radius 1 is 1.35 bits per heavy atom. The molecule has 0 aliphatic heterocycles. The van der Waals surface area contributed by atoms with E-state index in [0.717, 1.165) is 22.7 Å². The van der Waals surface area contributed by atoms with Crippen molar-refractivity contribution in [3.05, 3.63) is 30.1 Å². The van der Waals surface area contributed by atoms with Gasteiger partial charge in [0.05, 0.1) is 11.9 Å². The second kappa shape index (κ2) is 5.01. The van der Waals surface area contributed by atoms with Gasteiger partial charge in [0, 0.05) is 0 Å².